The smallest absolute Gasteiger partial charge is 0.303 e. The number of oxazole rings is 1. The summed E-state index contributed by atoms with van der Waals surface area (Å²) in [6.45, 7) is 2.94. The Bertz CT molecular complexity index is 1300. The third kappa shape index (κ3) is 6.02. The minimum atomic E-state index is -0.811. The summed E-state index contributed by atoms with van der Waals surface area (Å²) in [5.74, 6) is 1.37. The number of ether oxygens (including phenoxy) is 2. The van der Waals surface area contributed by atoms with Gasteiger partial charge in [-0.05, 0) is 53.6 Å². The highest BCUT2D eigenvalue weighted by molar-refractivity contribution is 7.13. The second-order valence-electron chi connectivity index (χ2n) is 8.69. The van der Waals surface area contributed by atoms with Gasteiger partial charge in [0, 0.05) is 19.4 Å². The third-order valence-corrected chi connectivity index (χ3v) is 6.99. The zero-order valence-electron chi connectivity index (χ0n) is 20.0. The summed E-state index contributed by atoms with van der Waals surface area (Å²) in [7, 11) is 0. The van der Waals surface area contributed by atoms with Crippen molar-refractivity contribution in [3.05, 3.63) is 94.2 Å². The molecule has 0 spiro atoms. The van der Waals surface area contributed by atoms with Crippen molar-refractivity contribution in [1.82, 2.24) is 10.3 Å². The maximum absolute atomic E-state index is 11.1. The zero-order chi connectivity index (χ0) is 24.9. The summed E-state index contributed by atoms with van der Waals surface area (Å²) in [5, 5.41) is 14.6. The number of hydrogen-bond acceptors (Lipinski definition) is 7. The third-order valence-electron chi connectivity index (χ3n) is 6.13. The molecule has 0 bridgehead atoms. The molecule has 2 N–H and O–H groups in total. The first kappa shape index (κ1) is 24.2. The van der Waals surface area contributed by atoms with Crippen LogP contribution in [-0.4, -0.2) is 28.9 Å². The van der Waals surface area contributed by atoms with Crippen molar-refractivity contribution < 1.29 is 23.8 Å². The van der Waals surface area contributed by atoms with E-state index in [1.54, 1.807) is 11.3 Å². The SMILES string of the molecule is Cc1oc(-c2cccs2)nc1CCOc1ccc(CCC(=O)O)c(CNC2OC2c2ccccc2)c1. The quantitative estimate of drug-likeness (QED) is 0.245. The number of hydrogen-bond donors (Lipinski definition) is 2. The van der Waals surface area contributed by atoms with Gasteiger partial charge in [0.1, 0.15) is 23.8 Å². The van der Waals surface area contributed by atoms with Crippen molar-refractivity contribution in [2.45, 2.75) is 45.1 Å². The van der Waals surface area contributed by atoms with Crippen LogP contribution < -0.4 is 10.1 Å². The molecule has 3 heterocycles. The van der Waals surface area contributed by atoms with Crippen LogP contribution in [0.15, 0.2) is 70.5 Å². The highest BCUT2D eigenvalue weighted by Gasteiger charge is 2.39. The standard InChI is InChI=1S/C28H28N2O5S/c1-18-23(30-27(34-18)24-8-5-15-36-24)13-14-33-22-11-9-19(10-12-25(31)32)21(16-22)17-29-28-26(35-28)20-6-3-2-4-7-20/h2-9,11,15-16,26,28-29H,10,12-14,17H2,1H3,(H,31,32). The monoisotopic (exact) mass is 504 g/mol. The predicted molar refractivity (Wildman–Crippen MR) is 137 cm³/mol. The van der Waals surface area contributed by atoms with E-state index in [9.17, 15) is 4.79 Å². The van der Waals surface area contributed by atoms with Crippen LogP contribution in [0.25, 0.3) is 10.8 Å². The molecule has 8 heteroatoms. The van der Waals surface area contributed by atoms with Gasteiger partial charge in [-0.25, -0.2) is 4.98 Å². The molecule has 0 radical (unpaired) electrons. The molecule has 1 saturated heterocycles. The average Bonchev–Trinajstić information content (AvgIpc) is 3.26. The molecule has 2 aromatic carbocycles. The van der Waals surface area contributed by atoms with Crippen LogP contribution in [0, 0.1) is 6.92 Å². The molecule has 0 amide bonds. The fraction of sp³-hybridized carbons (Fsp3) is 0.286. The second kappa shape index (κ2) is 11.1. The number of epoxide rings is 1. The van der Waals surface area contributed by atoms with Gasteiger partial charge in [-0.3, -0.25) is 10.1 Å². The summed E-state index contributed by atoms with van der Waals surface area (Å²) in [4.78, 5) is 16.8. The maximum Gasteiger partial charge on any atom is 0.303 e. The fourth-order valence-electron chi connectivity index (χ4n) is 4.15. The number of rotatable bonds is 12. The zero-order valence-corrected chi connectivity index (χ0v) is 20.8. The van der Waals surface area contributed by atoms with Crippen LogP contribution in [-0.2, 0) is 28.9 Å². The van der Waals surface area contributed by atoms with Gasteiger partial charge in [-0.15, -0.1) is 11.3 Å². The summed E-state index contributed by atoms with van der Waals surface area (Å²) in [6.07, 6.45) is 1.15. The predicted octanol–water partition coefficient (Wildman–Crippen LogP) is 5.54. The normalized spacial score (nSPS) is 16.7. The van der Waals surface area contributed by atoms with Crippen LogP contribution in [0.2, 0.25) is 0 Å². The summed E-state index contributed by atoms with van der Waals surface area (Å²) < 4.78 is 17.7. The molecule has 0 aliphatic carbocycles. The van der Waals surface area contributed by atoms with E-state index in [0.29, 0.717) is 31.9 Å². The molecule has 5 rings (SSSR count). The fourth-order valence-corrected chi connectivity index (χ4v) is 4.80. The minimum absolute atomic E-state index is 0.0397. The van der Waals surface area contributed by atoms with Gasteiger partial charge >= 0.3 is 5.97 Å². The number of benzene rings is 2. The maximum atomic E-state index is 11.1. The van der Waals surface area contributed by atoms with Crippen LogP contribution in [0.5, 0.6) is 5.75 Å². The molecule has 36 heavy (non-hydrogen) atoms. The van der Waals surface area contributed by atoms with Gasteiger partial charge in [0.25, 0.3) is 0 Å². The Morgan fingerprint density at radius 3 is 2.75 bits per heavy atom. The second-order valence-corrected chi connectivity index (χ2v) is 9.64. The lowest BCUT2D eigenvalue weighted by molar-refractivity contribution is -0.136. The van der Waals surface area contributed by atoms with E-state index in [1.807, 2.05) is 60.8 Å². The van der Waals surface area contributed by atoms with Crippen LogP contribution in [0.4, 0.5) is 0 Å². The molecular formula is C28H28N2O5S. The molecule has 4 aromatic rings. The molecule has 2 atom stereocenters. The first-order valence-corrected chi connectivity index (χ1v) is 12.8. The van der Waals surface area contributed by atoms with Gasteiger partial charge in [-0.1, -0.05) is 42.5 Å². The summed E-state index contributed by atoms with van der Waals surface area (Å²) >= 11 is 1.60. The van der Waals surface area contributed by atoms with Gasteiger partial charge in [-0.2, -0.15) is 0 Å². The van der Waals surface area contributed by atoms with E-state index >= 15 is 0 Å². The molecular weight excluding hydrogens is 476 g/mol. The molecule has 2 aromatic heterocycles. The molecule has 0 saturated carbocycles. The molecule has 1 aliphatic heterocycles. The van der Waals surface area contributed by atoms with Gasteiger partial charge in [0.2, 0.25) is 5.89 Å². The number of aromatic nitrogens is 1. The van der Waals surface area contributed by atoms with Crippen LogP contribution in [0.3, 0.4) is 0 Å². The van der Waals surface area contributed by atoms with E-state index < -0.39 is 5.97 Å². The Labute approximate surface area is 213 Å². The van der Waals surface area contributed by atoms with Crippen molar-refractivity contribution in [2.75, 3.05) is 6.61 Å². The van der Waals surface area contributed by atoms with Crippen LogP contribution >= 0.6 is 11.3 Å². The number of carboxylic acids is 1. The highest BCUT2D eigenvalue weighted by atomic mass is 32.1. The number of nitrogens with zero attached hydrogens (tertiary/aromatic N) is 1. The molecule has 7 nitrogen and oxygen atoms in total. The van der Waals surface area contributed by atoms with E-state index in [-0.39, 0.29) is 18.8 Å². The number of nitrogens with one attached hydrogen (secondary N) is 1. The summed E-state index contributed by atoms with van der Waals surface area (Å²) in [5.41, 5.74) is 4.02. The molecule has 1 fully saturated rings. The van der Waals surface area contributed by atoms with E-state index in [2.05, 4.69) is 22.4 Å². The molecule has 186 valence electrons. The Morgan fingerprint density at radius 2 is 1.97 bits per heavy atom. The van der Waals surface area contributed by atoms with Crippen molar-refractivity contribution in [3.8, 4) is 16.5 Å². The Balaban J connectivity index is 1.20. The van der Waals surface area contributed by atoms with E-state index in [1.165, 1.54) is 0 Å². The number of aliphatic carboxylic acids is 1. The first-order chi connectivity index (χ1) is 17.6. The largest absolute Gasteiger partial charge is 0.493 e. The number of carboxylic acid groups (broad SMARTS) is 1. The molecule has 2 unspecified atom stereocenters. The van der Waals surface area contributed by atoms with E-state index in [0.717, 1.165) is 38.8 Å². The topological polar surface area (TPSA) is 97.1 Å². The Hall–Kier alpha value is -3.46. The van der Waals surface area contributed by atoms with Gasteiger partial charge in [0.15, 0.2) is 0 Å². The average molecular weight is 505 g/mol. The molecule has 1 aliphatic rings. The lowest BCUT2D eigenvalue weighted by atomic mass is 10.0. The highest BCUT2D eigenvalue weighted by Crippen LogP contribution is 2.37. The van der Waals surface area contributed by atoms with Crippen molar-refractivity contribution in [2.24, 2.45) is 0 Å². The lowest BCUT2D eigenvalue weighted by Gasteiger charge is -2.13. The van der Waals surface area contributed by atoms with Crippen LogP contribution in [0.1, 0.15) is 40.7 Å². The van der Waals surface area contributed by atoms with Crippen molar-refractivity contribution >= 4 is 17.3 Å². The minimum Gasteiger partial charge on any atom is -0.493 e. The number of carbonyl (C=O) groups is 1. The van der Waals surface area contributed by atoms with Crippen molar-refractivity contribution in [1.29, 1.82) is 0 Å². The van der Waals surface area contributed by atoms with Gasteiger partial charge in [0.05, 0.1) is 17.2 Å². The lowest BCUT2D eigenvalue weighted by Crippen LogP contribution is -2.19. The number of aryl methyl sites for hydroxylation is 2. The first-order valence-electron chi connectivity index (χ1n) is 12.0. The van der Waals surface area contributed by atoms with E-state index in [4.69, 9.17) is 19.0 Å². The number of thiophene rings is 1. The summed E-state index contributed by atoms with van der Waals surface area (Å²) in [6, 6.07) is 19.9. The van der Waals surface area contributed by atoms with Crippen molar-refractivity contribution in [3.63, 3.8) is 0 Å². The Morgan fingerprint density at radius 1 is 1.11 bits per heavy atom. The van der Waals surface area contributed by atoms with Gasteiger partial charge < -0.3 is 19.0 Å². The Kier molecular flexibility index (Phi) is 7.46.